The molecule has 0 aliphatic heterocycles. The first-order valence-corrected chi connectivity index (χ1v) is 8.98. The highest BCUT2D eigenvalue weighted by molar-refractivity contribution is 7.13. The molecule has 0 radical (unpaired) electrons. The Bertz CT molecular complexity index is 1100. The van der Waals surface area contributed by atoms with Crippen molar-refractivity contribution in [1.29, 1.82) is 0 Å². The number of benzene rings is 2. The van der Waals surface area contributed by atoms with Crippen LogP contribution in [0.2, 0.25) is 0 Å². The topological polar surface area (TPSA) is 101 Å². The van der Waals surface area contributed by atoms with Gasteiger partial charge in [0.1, 0.15) is 11.3 Å². The molecule has 0 amide bonds. The number of nitro groups is 1. The van der Waals surface area contributed by atoms with E-state index < -0.39 is 11.0 Å². The molecular formula is C19H14N4O3S. The summed E-state index contributed by atoms with van der Waals surface area (Å²) in [5.41, 5.74) is 1.89. The van der Waals surface area contributed by atoms with Gasteiger partial charge in [0.25, 0.3) is 5.69 Å². The van der Waals surface area contributed by atoms with E-state index in [-0.39, 0.29) is 11.4 Å². The quantitative estimate of drug-likeness (QED) is 0.391. The van der Waals surface area contributed by atoms with Crippen LogP contribution in [0.5, 0.6) is 5.75 Å². The molecule has 0 aliphatic rings. The van der Waals surface area contributed by atoms with Crippen LogP contribution in [0.15, 0.2) is 66.3 Å². The normalized spacial score (nSPS) is 12.0. The van der Waals surface area contributed by atoms with E-state index in [1.54, 1.807) is 24.5 Å². The monoisotopic (exact) mass is 378 g/mol. The Hall–Kier alpha value is -3.52. The van der Waals surface area contributed by atoms with Gasteiger partial charge in [0.05, 0.1) is 11.0 Å². The summed E-state index contributed by atoms with van der Waals surface area (Å²) in [6.07, 6.45) is 3.31. The third kappa shape index (κ3) is 3.30. The number of nitro benzene ring substituents is 1. The van der Waals surface area contributed by atoms with E-state index in [0.29, 0.717) is 16.2 Å². The summed E-state index contributed by atoms with van der Waals surface area (Å²) in [5, 5.41) is 28.4. The highest BCUT2D eigenvalue weighted by Gasteiger charge is 2.21. The summed E-state index contributed by atoms with van der Waals surface area (Å²) in [6.45, 7) is 0. The Morgan fingerprint density at radius 3 is 2.59 bits per heavy atom. The van der Waals surface area contributed by atoms with Crippen LogP contribution in [0.3, 0.4) is 0 Å². The molecule has 0 aliphatic carbocycles. The molecule has 0 saturated carbocycles. The molecule has 8 heteroatoms. The number of rotatable bonds is 5. The Kier molecular flexibility index (Phi) is 4.39. The molecule has 0 spiro atoms. The van der Waals surface area contributed by atoms with E-state index in [4.69, 9.17) is 0 Å². The number of nitrogens with one attached hydrogen (secondary N) is 1. The van der Waals surface area contributed by atoms with Crippen LogP contribution < -0.4 is 5.32 Å². The van der Waals surface area contributed by atoms with Gasteiger partial charge < -0.3 is 10.4 Å². The van der Waals surface area contributed by atoms with Gasteiger partial charge in [0.2, 0.25) is 0 Å². The summed E-state index contributed by atoms with van der Waals surface area (Å²) in [5.74, 6) is 0.0699. The second kappa shape index (κ2) is 7.00. The molecule has 134 valence electrons. The van der Waals surface area contributed by atoms with Crippen LogP contribution in [0, 0.1) is 10.1 Å². The Morgan fingerprint density at radius 2 is 1.89 bits per heavy atom. The van der Waals surface area contributed by atoms with Crippen LogP contribution in [-0.2, 0) is 0 Å². The lowest BCUT2D eigenvalue weighted by atomic mass is 9.96. The van der Waals surface area contributed by atoms with Crippen molar-refractivity contribution < 1.29 is 10.0 Å². The lowest BCUT2D eigenvalue weighted by molar-refractivity contribution is -0.384. The van der Waals surface area contributed by atoms with Crippen molar-refractivity contribution in [2.24, 2.45) is 0 Å². The number of hydrogen-bond donors (Lipinski definition) is 2. The van der Waals surface area contributed by atoms with Crippen molar-refractivity contribution in [3.8, 4) is 5.75 Å². The molecule has 0 bridgehead atoms. The molecule has 2 aromatic carbocycles. The molecule has 4 rings (SSSR count). The van der Waals surface area contributed by atoms with Gasteiger partial charge in [-0.25, -0.2) is 4.98 Å². The smallest absolute Gasteiger partial charge is 0.269 e. The number of pyridine rings is 1. The third-order valence-corrected chi connectivity index (χ3v) is 4.93. The van der Waals surface area contributed by atoms with Gasteiger partial charge in [-0.3, -0.25) is 15.1 Å². The number of fused-ring (bicyclic) bond motifs is 1. The van der Waals surface area contributed by atoms with Gasteiger partial charge in [-0.1, -0.05) is 18.2 Å². The van der Waals surface area contributed by atoms with Crippen LogP contribution in [0.4, 0.5) is 10.8 Å². The molecule has 1 atom stereocenters. The minimum Gasteiger partial charge on any atom is -0.505 e. The zero-order valence-electron chi connectivity index (χ0n) is 13.9. The number of non-ortho nitro benzene ring substituents is 1. The Labute approximate surface area is 158 Å². The van der Waals surface area contributed by atoms with Gasteiger partial charge >= 0.3 is 0 Å². The number of aromatic hydroxyl groups is 1. The van der Waals surface area contributed by atoms with E-state index in [0.717, 1.165) is 10.9 Å². The molecule has 2 heterocycles. The summed E-state index contributed by atoms with van der Waals surface area (Å²) in [4.78, 5) is 19.0. The van der Waals surface area contributed by atoms with E-state index >= 15 is 0 Å². The fourth-order valence-electron chi connectivity index (χ4n) is 2.93. The standard InChI is InChI=1S/C19H14N4O3S/c24-18-15(8-5-12-2-1-9-20-17(12)18)16(22-19-21-10-11-27-19)13-3-6-14(7-4-13)23(25)26/h1-11,16,24H,(H,21,22)/t16-/m0/s1. The van der Waals surface area contributed by atoms with Crippen LogP contribution in [0.25, 0.3) is 10.9 Å². The minimum atomic E-state index is -0.441. The van der Waals surface area contributed by atoms with Crippen molar-refractivity contribution in [3.63, 3.8) is 0 Å². The van der Waals surface area contributed by atoms with E-state index in [1.165, 1.54) is 23.5 Å². The Balaban J connectivity index is 1.83. The summed E-state index contributed by atoms with van der Waals surface area (Å²) in [7, 11) is 0. The van der Waals surface area contributed by atoms with Crippen molar-refractivity contribution in [2.75, 3.05) is 5.32 Å². The maximum atomic E-state index is 10.9. The fourth-order valence-corrected chi connectivity index (χ4v) is 3.48. The predicted octanol–water partition coefficient (Wildman–Crippen LogP) is 4.51. The number of hydrogen-bond acceptors (Lipinski definition) is 7. The van der Waals surface area contributed by atoms with Crippen LogP contribution in [-0.4, -0.2) is 20.0 Å². The van der Waals surface area contributed by atoms with Crippen molar-refractivity contribution in [2.45, 2.75) is 6.04 Å². The average molecular weight is 378 g/mol. The van der Waals surface area contributed by atoms with E-state index in [9.17, 15) is 15.2 Å². The number of nitrogens with zero attached hydrogens (tertiary/aromatic N) is 3. The maximum absolute atomic E-state index is 10.9. The van der Waals surface area contributed by atoms with Gasteiger partial charge in [0.15, 0.2) is 5.13 Å². The highest BCUT2D eigenvalue weighted by Crippen LogP contribution is 2.37. The maximum Gasteiger partial charge on any atom is 0.269 e. The molecular weight excluding hydrogens is 364 g/mol. The number of anilines is 1. The number of phenolic OH excluding ortho intramolecular Hbond substituents is 1. The predicted molar refractivity (Wildman–Crippen MR) is 104 cm³/mol. The van der Waals surface area contributed by atoms with Crippen LogP contribution in [0.1, 0.15) is 17.2 Å². The number of phenols is 1. The van der Waals surface area contributed by atoms with Gasteiger partial charge in [-0.2, -0.15) is 0 Å². The lowest BCUT2D eigenvalue weighted by Crippen LogP contribution is -2.12. The summed E-state index contributed by atoms with van der Waals surface area (Å²) >= 11 is 1.43. The average Bonchev–Trinajstić information content (AvgIpc) is 3.20. The number of thiazole rings is 1. The molecule has 4 aromatic rings. The molecule has 0 unspecified atom stereocenters. The second-order valence-electron chi connectivity index (χ2n) is 5.84. The first-order chi connectivity index (χ1) is 13.1. The van der Waals surface area contributed by atoms with E-state index in [1.807, 2.05) is 29.6 Å². The van der Waals surface area contributed by atoms with Gasteiger partial charge in [-0.15, -0.1) is 11.3 Å². The Morgan fingerprint density at radius 1 is 1.07 bits per heavy atom. The third-order valence-electron chi connectivity index (χ3n) is 4.23. The minimum absolute atomic E-state index is 0.0103. The second-order valence-corrected chi connectivity index (χ2v) is 6.74. The van der Waals surface area contributed by atoms with Crippen molar-refractivity contribution in [3.05, 3.63) is 87.5 Å². The largest absolute Gasteiger partial charge is 0.505 e. The zero-order chi connectivity index (χ0) is 18.8. The fraction of sp³-hybridized carbons (Fsp3) is 0.0526. The lowest BCUT2D eigenvalue weighted by Gasteiger charge is -2.21. The molecule has 7 nitrogen and oxygen atoms in total. The number of aromatic nitrogens is 2. The molecule has 2 aromatic heterocycles. The molecule has 2 N–H and O–H groups in total. The van der Waals surface area contributed by atoms with Gasteiger partial charge in [-0.05, 0) is 23.8 Å². The summed E-state index contributed by atoms with van der Waals surface area (Å²) < 4.78 is 0. The van der Waals surface area contributed by atoms with Crippen LogP contribution >= 0.6 is 11.3 Å². The molecule has 27 heavy (non-hydrogen) atoms. The first-order valence-electron chi connectivity index (χ1n) is 8.10. The van der Waals surface area contributed by atoms with Crippen molar-refractivity contribution >= 4 is 33.1 Å². The first kappa shape index (κ1) is 16.9. The zero-order valence-corrected chi connectivity index (χ0v) is 14.8. The molecule has 0 fully saturated rings. The van der Waals surface area contributed by atoms with E-state index in [2.05, 4.69) is 15.3 Å². The highest BCUT2D eigenvalue weighted by atomic mass is 32.1. The summed E-state index contributed by atoms with van der Waals surface area (Å²) in [6, 6.07) is 13.2. The SMILES string of the molecule is O=[N+]([O-])c1ccc([C@H](Nc2nccs2)c2ccc3cccnc3c2O)cc1. The van der Waals surface area contributed by atoms with Gasteiger partial charge in [0, 0.05) is 40.9 Å². The van der Waals surface area contributed by atoms with Crippen molar-refractivity contribution in [1.82, 2.24) is 9.97 Å². The molecule has 0 saturated heterocycles.